The summed E-state index contributed by atoms with van der Waals surface area (Å²) < 4.78 is 0. The number of thiophene rings is 1. The van der Waals surface area contributed by atoms with E-state index in [1.165, 1.54) is 4.88 Å². The molecule has 0 radical (unpaired) electrons. The highest BCUT2D eigenvalue weighted by atomic mass is 32.1. The number of aliphatic carboxylic acids is 1. The van der Waals surface area contributed by atoms with Crippen LogP contribution in [0.25, 0.3) is 0 Å². The first kappa shape index (κ1) is 12.7. The Morgan fingerprint density at radius 2 is 2.19 bits per heavy atom. The van der Waals surface area contributed by atoms with Gasteiger partial charge >= 0.3 is 5.97 Å². The van der Waals surface area contributed by atoms with Crippen LogP contribution in [0.5, 0.6) is 0 Å². The maximum absolute atomic E-state index is 11.5. The lowest BCUT2D eigenvalue weighted by Crippen LogP contribution is -2.32. The first-order valence-corrected chi connectivity index (χ1v) is 5.85. The summed E-state index contributed by atoms with van der Waals surface area (Å²) in [6, 6.07) is 3.88. The molecule has 1 rings (SSSR count). The highest BCUT2D eigenvalue weighted by Crippen LogP contribution is 2.15. The Morgan fingerprint density at radius 3 is 2.69 bits per heavy atom. The molecule has 0 aliphatic heterocycles. The molecular formula is C11H15NO3S. The molecular weight excluding hydrogens is 226 g/mol. The van der Waals surface area contributed by atoms with Crippen LogP contribution < -0.4 is 5.32 Å². The first-order valence-electron chi connectivity index (χ1n) is 5.04. The molecule has 2 N–H and O–H groups in total. The van der Waals surface area contributed by atoms with Crippen molar-refractivity contribution in [2.45, 2.75) is 20.3 Å². The SMILES string of the molecule is Cc1ccc(CC(=O)NC[C@H](C)C(=O)O)s1. The van der Waals surface area contributed by atoms with Gasteiger partial charge in [-0.15, -0.1) is 11.3 Å². The normalized spacial score (nSPS) is 12.1. The van der Waals surface area contributed by atoms with Gasteiger partial charge in [-0.1, -0.05) is 6.92 Å². The Balaban J connectivity index is 2.34. The lowest BCUT2D eigenvalue weighted by molar-refractivity contribution is -0.141. The van der Waals surface area contributed by atoms with Gasteiger partial charge in [0, 0.05) is 16.3 Å². The molecule has 1 aromatic rings. The van der Waals surface area contributed by atoms with Crippen molar-refractivity contribution < 1.29 is 14.7 Å². The van der Waals surface area contributed by atoms with E-state index in [4.69, 9.17) is 5.11 Å². The topological polar surface area (TPSA) is 66.4 Å². The fourth-order valence-electron chi connectivity index (χ4n) is 1.16. The van der Waals surface area contributed by atoms with Crippen molar-refractivity contribution in [1.82, 2.24) is 5.32 Å². The minimum atomic E-state index is -0.896. The summed E-state index contributed by atoms with van der Waals surface area (Å²) in [7, 11) is 0. The summed E-state index contributed by atoms with van der Waals surface area (Å²) >= 11 is 1.58. The average molecular weight is 241 g/mol. The Bertz CT molecular complexity index is 386. The zero-order valence-electron chi connectivity index (χ0n) is 9.32. The van der Waals surface area contributed by atoms with Gasteiger partial charge in [0.15, 0.2) is 0 Å². The summed E-state index contributed by atoms with van der Waals surface area (Å²) in [5, 5.41) is 11.2. The van der Waals surface area contributed by atoms with Gasteiger partial charge < -0.3 is 10.4 Å². The predicted molar refractivity (Wildman–Crippen MR) is 62.6 cm³/mol. The van der Waals surface area contributed by atoms with Crippen LogP contribution in [0, 0.1) is 12.8 Å². The molecule has 4 nitrogen and oxygen atoms in total. The van der Waals surface area contributed by atoms with E-state index in [1.807, 2.05) is 19.1 Å². The van der Waals surface area contributed by atoms with Crippen molar-refractivity contribution in [2.75, 3.05) is 6.54 Å². The van der Waals surface area contributed by atoms with E-state index >= 15 is 0 Å². The lowest BCUT2D eigenvalue weighted by atomic mass is 10.2. The third-order valence-corrected chi connectivity index (χ3v) is 3.16. The molecule has 0 aliphatic carbocycles. The van der Waals surface area contributed by atoms with Gasteiger partial charge in [0.05, 0.1) is 12.3 Å². The molecule has 0 fully saturated rings. The minimum absolute atomic E-state index is 0.130. The van der Waals surface area contributed by atoms with Crippen molar-refractivity contribution in [3.63, 3.8) is 0 Å². The van der Waals surface area contributed by atoms with E-state index < -0.39 is 11.9 Å². The van der Waals surface area contributed by atoms with Gasteiger partial charge in [-0.05, 0) is 19.1 Å². The average Bonchev–Trinajstić information content (AvgIpc) is 2.60. The highest BCUT2D eigenvalue weighted by Gasteiger charge is 2.12. The fourth-order valence-corrected chi connectivity index (χ4v) is 2.04. The Labute approximate surface area is 98.3 Å². The highest BCUT2D eigenvalue weighted by molar-refractivity contribution is 7.12. The molecule has 88 valence electrons. The quantitative estimate of drug-likeness (QED) is 0.819. The molecule has 1 amide bonds. The molecule has 0 unspecified atom stereocenters. The van der Waals surface area contributed by atoms with E-state index in [0.29, 0.717) is 6.42 Å². The molecule has 1 atom stereocenters. The number of carboxylic acids is 1. The zero-order valence-corrected chi connectivity index (χ0v) is 10.1. The predicted octanol–water partition coefficient (Wildman–Crippen LogP) is 1.44. The van der Waals surface area contributed by atoms with Crippen LogP contribution in [0.15, 0.2) is 12.1 Å². The summed E-state index contributed by atoms with van der Waals surface area (Å²) in [4.78, 5) is 24.1. The van der Waals surface area contributed by atoms with Gasteiger partial charge in [-0.3, -0.25) is 9.59 Å². The molecule has 0 saturated heterocycles. The van der Waals surface area contributed by atoms with E-state index in [2.05, 4.69) is 5.32 Å². The second-order valence-electron chi connectivity index (χ2n) is 3.73. The standard InChI is InChI=1S/C11H15NO3S/c1-7(11(14)15)6-12-10(13)5-9-4-3-8(2)16-9/h3-4,7H,5-6H2,1-2H3,(H,12,13)(H,14,15)/t7-/m0/s1. The third kappa shape index (κ3) is 4.02. The number of amides is 1. The lowest BCUT2D eigenvalue weighted by Gasteiger charge is -2.07. The van der Waals surface area contributed by atoms with Crippen LogP contribution in [0.3, 0.4) is 0 Å². The van der Waals surface area contributed by atoms with E-state index in [9.17, 15) is 9.59 Å². The molecule has 0 aromatic carbocycles. The number of hydrogen-bond acceptors (Lipinski definition) is 3. The van der Waals surface area contributed by atoms with Gasteiger partial charge in [0.1, 0.15) is 0 Å². The third-order valence-electron chi connectivity index (χ3n) is 2.16. The Kier molecular flexibility index (Phi) is 4.49. The van der Waals surface area contributed by atoms with Crippen LogP contribution in [0.2, 0.25) is 0 Å². The number of aryl methyl sites for hydroxylation is 1. The van der Waals surface area contributed by atoms with Crippen LogP contribution in [-0.2, 0) is 16.0 Å². The van der Waals surface area contributed by atoms with E-state index in [-0.39, 0.29) is 12.5 Å². The van der Waals surface area contributed by atoms with Crippen molar-refractivity contribution in [1.29, 1.82) is 0 Å². The van der Waals surface area contributed by atoms with E-state index in [1.54, 1.807) is 18.3 Å². The smallest absolute Gasteiger partial charge is 0.308 e. The van der Waals surface area contributed by atoms with Gasteiger partial charge in [-0.25, -0.2) is 0 Å². The maximum atomic E-state index is 11.5. The van der Waals surface area contributed by atoms with E-state index in [0.717, 1.165) is 4.88 Å². The van der Waals surface area contributed by atoms with Crippen LogP contribution in [0.4, 0.5) is 0 Å². The summed E-state index contributed by atoms with van der Waals surface area (Å²) in [5.74, 6) is -1.57. The molecule has 1 heterocycles. The molecule has 0 bridgehead atoms. The molecule has 1 aromatic heterocycles. The Morgan fingerprint density at radius 1 is 1.50 bits per heavy atom. The summed E-state index contributed by atoms with van der Waals surface area (Å²) in [6.07, 6.45) is 0.324. The molecule has 0 aliphatic rings. The van der Waals surface area contributed by atoms with Gasteiger partial charge in [0.2, 0.25) is 5.91 Å². The second kappa shape index (κ2) is 5.65. The Hall–Kier alpha value is -1.36. The number of hydrogen-bond donors (Lipinski definition) is 2. The van der Waals surface area contributed by atoms with Crippen LogP contribution >= 0.6 is 11.3 Å². The monoisotopic (exact) mass is 241 g/mol. The molecule has 0 saturated carbocycles. The summed E-state index contributed by atoms with van der Waals surface area (Å²) in [6.45, 7) is 3.73. The van der Waals surface area contributed by atoms with Crippen molar-refractivity contribution in [3.05, 3.63) is 21.9 Å². The van der Waals surface area contributed by atoms with Gasteiger partial charge in [0.25, 0.3) is 0 Å². The van der Waals surface area contributed by atoms with Gasteiger partial charge in [-0.2, -0.15) is 0 Å². The number of carboxylic acid groups (broad SMARTS) is 1. The molecule has 16 heavy (non-hydrogen) atoms. The zero-order chi connectivity index (χ0) is 12.1. The van der Waals surface area contributed by atoms with Crippen LogP contribution in [0.1, 0.15) is 16.7 Å². The second-order valence-corrected chi connectivity index (χ2v) is 5.10. The fraction of sp³-hybridized carbons (Fsp3) is 0.455. The first-order chi connectivity index (χ1) is 7.49. The van der Waals surface area contributed by atoms with Crippen molar-refractivity contribution >= 4 is 23.2 Å². The number of rotatable bonds is 5. The van der Waals surface area contributed by atoms with Crippen LogP contribution in [-0.4, -0.2) is 23.5 Å². The summed E-state index contributed by atoms with van der Waals surface area (Å²) in [5.41, 5.74) is 0. The van der Waals surface area contributed by atoms with Crippen molar-refractivity contribution in [3.8, 4) is 0 Å². The number of carbonyl (C=O) groups is 2. The minimum Gasteiger partial charge on any atom is -0.481 e. The number of nitrogens with one attached hydrogen (secondary N) is 1. The number of carbonyl (C=O) groups excluding carboxylic acids is 1. The maximum Gasteiger partial charge on any atom is 0.308 e. The molecule has 5 heteroatoms. The largest absolute Gasteiger partial charge is 0.481 e. The molecule has 0 spiro atoms. The van der Waals surface area contributed by atoms with Crippen molar-refractivity contribution in [2.24, 2.45) is 5.92 Å².